The topological polar surface area (TPSA) is 90.3 Å². The Morgan fingerprint density at radius 3 is 2.61 bits per heavy atom. The lowest BCUT2D eigenvalue weighted by Crippen LogP contribution is -2.31. The average Bonchev–Trinajstić information content (AvgIpc) is 3.40. The van der Waals surface area contributed by atoms with Crippen LogP contribution in [-0.2, 0) is 11.4 Å². The lowest BCUT2D eigenvalue weighted by Gasteiger charge is -2.29. The number of halogens is 2. The third-order valence-electron chi connectivity index (χ3n) is 7.35. The van der Waals surface area contributed by atoms with Crippen molar-refractivity contribution in [3.63, 3.8) is 0 Å². The standard InChI is InChI=1S/C33H35Cl2N5O3S/c1-6-15-44-33-38-32-36-21(5)29(31(41)37-26-10-8-9-19(3)20(26)4)30(40(32)39-33)22-12-14-27(28(16-22)42-7-2)43-18-23-11-13-24(34)17-25(23)35/h8-14,16-17,30H,6-7,15,18H2,1-5H3,(H,37,41)(H,36,38,39). The number of thioether (sulfide) groups is 1. The Labute approximate surface area is 272 Å². The summed E-state index contributed by atoms with van der Waals surface area (Å²) in [6, 6.07) is 16.3. The van der Waals surface area contributed by atoms with E-state index < -0.39 is 6.04 Å². The quantitative estimate of drug-likeness (QED) is 0.157. The molecule has 0 aliphatic carbocycles. The van der Waals surface area contributed by atoms with Crippen molar-refractivity contribution in [3.05, 3.63) is 98.2 Å². The molecule has 1 amide bonds. The molecule has 8 nitrogen and oxygen atoms in total. The minimum Gasteiger partial charge on any atom is -0.490 e. The van der Waals surface area contributed by atoms with Crippen LogP contribution in [0.3, 0.4) is 0 Å². The molecule has 4 aromatic rings. The number of anilines is 2. The predicted molar refractivity (Wildman–Crippen MR) is 178 cm³/mol. The molecular formula is C33H35Cl2N5O3S. The van der Waals surface area contributed by atoms with Gasteiger partial charge in [0, 0.05) is 32.7 Å². The van der Waals surface area contributed by atoms with E-state index >= 15 is 0 Å². The second-order valence-corrected chi connectivity index (χ2v) is 12.3. The summed E-state index contributed by atoms with van der Waals surface area (Å²) >= 11 is 14.0. The molecule has 1 aromatic heterocycles. The molecule has 2 N–H and O–H groups in total. The predicted octanol–water partition coefficient (Wildman–Crippen LogP) is 8.61. The molecule has 0 spiro atoms. The Morgan fingerprint density at radius 2 is 1.86 bits per heavy atom. The van der Waals surface area contributed by atoms with Crippen LogP contribution in [0.2, 0.25) is 10.0 Å². The number of hydrogen-bond acceptors (Lipinski definition) is 7. The maximum atomic E-state index is 14.1. The Bertz CT molecular complexity index is 1720. The SMILES string of the molecule is CCCSc1nc2n(n1)C(c1ccc(OCc3ccc(Cl)cc3Cl)c(OCC)c1)C(C(=O)Nc1cccc(C)c1C)=C(C)N2. The van der Waals surface area contributed by atoms with Crippen molar-refractivity contribution in [2.24, 2.45) is 0 Å². The molecule has 5 rings (SSSR count). The van der Waals surface area contributed by atoms with Crippen LogP contribution in [0.1, 0.15) is 55.5 Å². The second kappa shape index (κ2) is 14.0. The molecule has 3 aromatic carbocycles. The average molecular weight is 653 g/mol. The van der Waals surface area contributed by atoms with Gasteiger partial charge < -0.3 is 20.1 Å². The summed E-state index contributed by atoms with van der Waals surface area (Å²) in [4.78, 5) is 18.8. The van der Waals surface area contributed by atoms with E-state index in [4.69, 9.17) is 42.8 Å². The first kappa shape index (κ1) is 31.8. The van der Waals surface area contributed by atoms with Crippen LogP contribution in [0.5, 0.6) is 11.5 Å². The van der Waals surface area contributed by atoms with Gasteiger partial charge in [-0.15, -0.1) is 5.10 Å². The first-order valence-electron chi connectivity index (χ1n) is 14.5. The fourth-order valence-corrected chi connectivity index (χ4v) is 6.09. The van der Waals surface area contributed by atoms with Crippen LogP contribution < -0.4 is 20.1 Å². The van der Waals surface area contributed by atoms with Gasteiger partial charge in [0.1, 0.15) is 12.6 Å². The van der Waals surface area contributed by atoms with Crippen molar-refractivity contribution in [2.75, 3.05) is 23.0 Å². The molecule has 0 saturated carbocycles. The summed E-state index contributed by atoms with van der Waals surface area (Å²) in [6.07, 6.45) is 0.993. The molecule has 230 valence electrons. The number of ether oxygens (including phenoxy) is 2. The van der Waals surface area contributed by atoms with Gasteiger partial charge in [0.05, 0.1) is 12.2 Å². The van der Waals surface area contributed by atoms with Gasteiger partial charge in [0.2, 0.25) is 11.1 Å². The van der Waals surface area contributed by atoms with Gasteiger partial charge in [-0.2, -0.15) is 4.98 Å². The number of rotatable bonds is 11. The van der Waals surface area contributed by atoms with Gasteiger partial charge in [0.15, 0.2) is 11.5 Å². The monoisotopic (exact) mass is 651 g/mol. The molecule has 1 aliphatic heterocycles. The van der Waals surface area contributed by atoms with Crippen LogP contribution in [-0.4, -0.2) is 33.0 Å². The summed E-state index contributed by atoms with van der Waals surface area (Å²) in [7, 11) is 0. The number of allylic oxidation sites excluding steroid dienone is 1. The van der Waals surface area contributed by atoms with Crippen molar-refractivity contribution < 1.29 is 14.3 Å². The van der Waals surface area contributed by atoms with Crippen molar-refractivity contribution in [1.29, 1.82) is 0 Å². The summed E-state index contributed by atoms with van der Waals surface area (Å²) in [5, 5.41) is 13.0. The molecule has 0 fully saturated rings. The van der Waals surface area contributed by atoms with Crippen LogP contribution in [0, 0.1) is 13.8 Å². The summed E-state index contributed by atoms with van der Waals surface area (Å²) in [5.41, 5.74) is 5.70. The fourth-order valence-electron chi connectivity index (χ4n) is 4.94. The van der Waals surface area contributed by atoms with Gasteiger partial charge >= 0.3 is 0 Å². The zero-order valence-electron chi connectivity index (χ0n) is 25.3. The number of nitrogens with zero attached hydrogens (tertiary/aromatic N) is 3. The summed E-state index contributed by atoms with van der Waals surface area (Å²) in [5.74, 6) is 2.33. The maximum Gasteiger partial charge on any atom is 0.255 e. The highest BCUT2D eigenvalue weighted by Gasteiger charge is 2.35. The number of benzene rings is 3. The maximum absolute atomic E-state index is 14.1. The lowest BCUT2D eigenvalue weighted by atomic mass is 9.94. The Kier molecular flexibility index (Phi) is 10.1. The second-order valence-electron chi connectivity index (χ2n) is 10.4. The minimum absolute atomic E-state index is 0.228. The molecule has 1 unspecified atom stereocenters. The summed E-state index contributed by atoms with van der Waals surface area (Å²) < 4.78 is 14.0. The largest absolute Gasteiger partial charge is 0.490 e. The van der Waals surface area contributed by atoms with E-state index in [9.17, 15) is 4.79 Å². The summed E-state index contributed by atoms with van der Waals surface area (Å²) in [6.45, 7) is 10.6. The van der Waals surface area contributed by atoms with Crippen molar-refractivity contribution in [3.8, 4) is 11.5 Å². The molecule has 1 aliphatic rings. The van der Waals surface area contributed by atoms with Crippen LogP contribution in [0.25, 0.3) is 0 Å². The first-order chi connectivity index (χ1) is 21.2. The van der Waals surface area contributed by atoms with E-state index in [1.165, 1.54) is 0 Å². The molecule has 0 radical (unpaired) electrons. The van der Waals surface area contributed by atoms with Gasteiger partial charge in [-0.3, -0.25) is 4.79 Å². The number of amides is 1. The van der Waals surface area contributed by atoms with Crippen LogP contribution >= 0.6 is 35.0 Å². The molecule has 2 heterocycles. The van der Waals surface area contributed by atoms with Gasteiger partial charge in [-0.1, -0.05) is 66.2 Å². The van der Waals surface area contributed by atoms with Crippen molar-refractivity contribution >= 4 is 52.5 Å². The lowest BCUT2D eigenvalue weighted by molar-refractivity contribution is -0.113. The molecule has 44 heavy (non-hydrogen) atoms. The van der Waals surface area contributed by atoms with E-state index in [-0.39, 0.29) is 12.5 Å². The highest BCUT2D eigenvalue weighted by molar-refractivity contribution is 7.99. The molecule has 0 bridgehead atoms. The number of aryl methyl sites for hydroxylation is 1. The smallest absolute Gasteiger partial charge is 0.255 e. The fraction of sp³-hybridized carbons (Fsp3) is 0.303. The minimum atomic E-state index is -0.571. The zero-order chi connectivity index (χ0) is 31.4. The Balaban J connectivity index is 1.54. The number of fused-ring (bicyclic) bond motifs is 1. The Morgan fingerprint density at radius 1 is 1.05 bits per heavy atom. The first-order valence-corrected chi connectivity index (χ1v) is 16.2. The number of carbonyl (C=O) groups excluding carboxylic acids is 1. The molecule has 1 atom stereocenters. The van der Waals surface area contributed by atoms with E-state index in [2.05, 4.69) is 17.6 Å². The number of carbonyl (C=O) groups is 1. The van der Waals surface area contributed by atoms with E-state index in [0.717, 1.165) is 40.1 Å². The highest BCUT2D eigenvalue weighted by atomic mass is 35.5. The molecular weight excluding hydrogens is 617 g/mol. The third-order valence-corrected chi connectivity index (χ3v) is 8.98. The third kappa shape index (κ3) is 6.85. The Hall–Kier alpha value is -3.66. The van der Waals surface area contributed by atoms with Crippen LogP contribution in [0.15, 0.2) is 71.0 Å². The molecule has 0 saturated heterocycles. The number of aromatic nitrogens is 3. The van der Waals surface area contributed by atoms with E-state index in [0.29, 0.717) is 50.5 Å². The van der Waals surface area contributed by atoms with Gasteiger partial charge in [-0.25, -0.2) is 4.68 Å². The van der Waals surface area contributed by atoms with Gasteiger partial charge in [0.25, 0.3) is 5.91 Å². The normalized spacial score (nSPS) is 14.2. The van der Waals surface area contributed by atoms with Crippen molar-refractivity contribution in [1.82, 2.24) is 14.8 Å². The highest BCUT2D eigenvalue weighted by Crippen LogP contribution is 2.40. The number of hydrogen-bond donors (Lipinski definition) is 2. The molecule has 11 heteroatoms. The number of nitrogens with one attached hydrogen (secondary N) is 2. The van der Waals surface area contributed by atoms with Gasteiger partial charge in [-0.05, 0) is 81.1 Å². The van der Waals surface area contributed by atoms with E-state index in [1.807, 2.05) is 70.2 Å². The zero-order valence-corrected chi connectivity index (χ0v) is 27.7. The van der Waals surface area contributed by atoms with Crippen LogP contribution in [0.4, 0.5) is 11.6 Å². The van der Waals surface area contributed by atoms with Crippen molar-refractivity contribution in [2.45, 2.75) is 58.8 Å². The van der Waals surface area contributed by atoms with E-state index in [1.54, 1.807) is 28.6 Å².